The van der Waals surface area contributed by atoms with Gasteiger partial charge >= 0.3 is 0 Å². The molecule has 1 aromatic rings. The van der Waals surface area contributed by atoms with Crippen molar-refractivity contribution < 1.29 is 26.7 Å². The largest absolute Gasteiger partial charge is 1.00 e. The van der Waals surface area contributed by atoms with Crippen molar-refractivity contribution in [2.45, 2.75) is 64.3 Å². The number of imidazole rings is 1. The summed E-state index contributed by atoms with van der Waals surface area (Å²) in [5.41, 5.74) is 0. The number of rotatable bonds is 12. The van der Waals surface area contributed by atoms with Crippen molar-refractivity contribution in [1.29, 1.82) is 0 Å². The van der Waals surface area contributed by atoms with E-state index in [1.54, 1.807) is 0 Å². The summed E-state index contributed by atoms with van der Waals surface area (Å²) in [6.07, 6.45) is 19.4. The van der Waals surface area contributed by atoms with Crippen molar-refractivity contribution in [3.05, 3.63) is 25.3 Å². The fraction of sp³-hybridized carbons (Fsp3) is 0.688. The van der Waals surface area contributed by atoms with Crippen LogP contribution in [0, 0.1) is 0 Å². The second kappa shape index (κ2) is 13.4. The summed E-state index contributed by atoms with van der Waals surface area (Å²) in [4.78, 5) is 0. The van der Waals surface area contributed by atoms with Gasteiger partial charge in [0.05, 0.1) is 12.7 Å². The Bertz CT molecular complexity index is 339. The lowest BCUT2D eigenvalue weighted by molar-refractivity contribution is -0.696. The van der Waals surface area contributed by atoms with Gasteiger partial charge in [-0.2, -0.15) is 0 Å². The number of aromatic nitrogens is 2. The minimum Gasteiger partial charge on any atom is -1.00 e. The fourth-order valence-electron chi connectivity index (χ4n) is 2.29. The van der Waals surface area contributed by atoms with Gasteiger partial charge in [0.25, 0.3) is 0 Å². The Hall–Kier alpha value is -0.610. The summed E-state index contributed by atoms with van der Waals surface area (Å²) in [7, 11) is 0. The van der Waals surface area contributed by atoms with Gasteiger partial charge in [0, 0.05) is 6.61 Å². The molecule has 0 atom stereocenters. The second-order valence-electron chi connectivity index (χ2n) is 5.19. The number of nitrogens with zero attached hydrogens (tertiary/aromatic N) is 2. The average molecular weight is 345 g/mol. The van der Waals surface area contributed by atoms with E-state index in [2.05, 4.69) is 23.7 Å². The van der Waals surface area contributed by atoms with E-state index in [0.29, 0.717) is 6.61 Å². The quantitative estimate of drug-likeness (QED) is 0.431. The number of hydrogen-bond acceptors (Lipinski definition) is 1. The monoisotopic (exact) mass is 344 g/mol. The molecule has 0 unspecified atom stereocenters. The van der Waals surface area contributed by atoms with Gasteiger partial charge in [-0.05, 0) is 19.3 Å². The molecule has 0 aromatic carbocycles. The van der Waals surface area contributed by atoms with Gasteiger partial charge in [0.15, 0.2) is 0 Å². The SMILES string of the molecule is C=Cn1cc[n+](CCCCCCCCCCCO)c1.[Br-]. The highest BCUT2D eigenvalue weighted by Gasteiger charge is 2.00. The Morgan fingerprint density at radius 1 is 0.950 bits per heavy atom. The molecule has 0 bridgehead atoms. The van der Waals surface area contributed by atoms with Gasteiger partial charge < -0.3 is 22.1 Å². The van der Waals surface area contributed by atoms with Gasteiger partial charge in [-0.15, -0.1) is 0 Å². The molecule has 1 aromatic heterocycles. The van der Waals surface area contributed by atoms with Crippen LogP contribution < -0.4 is 21.5 Å². The maximum absolute atomic E-state index is 8.67. The Morgan fingerprint density at radius 2 is 1.50 bits per heavy atom. The molecule has 0 aliphatic carbocycles. The van der Waals surface area contributed by atoms with Crippen molar-refractivity contribution in [1.82, 2.24) is 4.57 Å². The molecule has 1 N–H and O–H groups in total. The molecular formula is C16H29BrN2O. The molecule has 1 heterocycles. The first-order chi connectivity index (χ1) is 9.36. The maximum atomic E-state index is 8.67. The normalized spacial score (nSPS) is 10.2. The highest BCUT2D eigenvalue weighted by atomic mass is 79.9. The van der Waals surface area contributed by atoms with Gasteiger partial charge in [-0.1, -0.05) is 45.1 Å². The van der Waals surface area contributed by atoms with Crippen LogP contribution in [0.1, 0.15) is 57.8 Å². The molecule has 1 rings (SSSR count). The lowest BCUT2D eigenvalue weighted by atomic mass is 10.1. The molecule has 0 spiro atoms. The Morgan fingerprint density at radius 3 is 2.00 bits per heavy atom. The second-order valence-corrected chi connectivity index (χ2v) is 5.19. The molecule has 0 saturated carbocycles. The number of unbranched alkanes of at least 4 members (excludes halogenated alkanes) is 8. The Labute approximate surface area is 134 Å². The average Bonchev–Trinajstić information content (AvgIpc) is 2.89. The topological polar surface area (TPSA) is 29.0 Å². The number of halogens is 1. The summed E-state index contributed by atoms with van der Waals surface area (Å²) in [6, 6.07) is 0. The lowest BCUT2D eigenvalue weighted by Crippen LogP contribution is -3.00. The standard InChI is InChI=1S/C16H29N2O.BrH/c1-2-17-13-14-18(16-17)12-10-8-6-4-3-5-7-9-11-15-19;/h2,13-14,16,19H,1,3-12,15H2;1H/q+1;/p-1. The molecule has 0 fully saturated rings. The third-order valence-electron chi connectivity index (χ3n) is 3.50. The zero-order valence-corrected chi connectivity index (χ0v) is 14.1. The molecule has 0 amide bonds. The van der Waals surface area contributed by atoms with E-state index in [1.165, 1.54) is 51.4 Å². The molecule has 4 heteroatoms. The van der Waals surface area contributed by atoms with Crippen LogP contribution in [-0.2, 0) is 6.54 Å². The first-order valence-electron chi connectivity index (χ1n) is 7.67. The van der Waals surface area contributed by atoms with Crippen molar-refractivity contribution >= 4 is 6.20 Å². The summed E-state index contributed by atoms with van der Waals surface area (Å²) in [5.74, 6) is 0. The van der Waals surface area contributed by atoms with Crippen LogP contribution in [0.2, 0.25) is 0 Å². The molecule has 3 nitrogen and oxygen atoms in total. The van der Waals surface area contributed by atoms with E-state index < -0.39 is 0 Å². The van der Waals surface area contributed by atoms with Crippen LogP contribution in [0.15, 0.2) is 25.3 Å². The first kappa shape index (κ1) is 19.4. The van der Waals surface area contributed by atoms with E-state index >= 15 is 0 Å². The molecule has 0 aliphatic heterocycles. The van der Waals surface area contributed by atoms with E-state index in [0.717, 1.165) is 13.0 Å². The molecule has 20 heavy (non-hydrogen) atoms. The molecule has 0 aliphatic rings. The van der Waals surface area contributed by atoms with Crippen LogP contribution >= 0.6 is 0 Å². The Balaban J connectivity index is 0.00000361. The van der Waals surface area contributed by atoms with E-state index in [1.807, 2.05) is 17.0 Å². The van der Waals surface area contributed by atoms with Crippen LogP contribution in [-0.4, -0.2) is 16.3 Å². The smallest absolute Gasteiger partial charge is 0.248 e. The third kappa shape index (κ3) is 9.32. The Kier molecular flexibility index (Phi) is 13.0. The van der Waals surface area contributed by atoms with Gasteiger partial charge in [0.2, 0.25) is 6.33 Å². The van der Waals surface area contributed by atoms with E-state index in [-0.39, 0.29) is 17.0 Å². The van der Waals surface area contributed by atoms with Crippen molar-refractivity contribution in [3.63, 3.8) is 0 Å². The molecule has 0 radical (unpaired) electrons. The highest BCUT2D eigenvalue weighted by Crippen LogP contribution is 2.09. The predicted molar refractivity (Wildman–Crippen MR) is 79.7 cm³/mol. The predicted octanol–water partition coefficient (Wildman–Crippen LogP) is 0.383. The highest BCUT2D eigenvalue weighted by molar-refractivity contribution is 5.12. The van der Waals surface area contributed by atoms with Gasteiger partial charge in [0.1, 0.15) is 12.4 Å². The van der Waals surface area contributed by atoms with Gasteiger partial charge in [-0.3, -0.25) is 0 Å². The lowest BCUT2D eigenvalue weighted by Gasteiger charge is -2.01. The maximum Gasteiger partial charge on any atom is 0.248 e. The van der Waals surface area contributed by atoms with Gasteiger partial charge in [-0.25, -0.2) is 9.13 Å². The number of aryl methyl sites for hydroxylation is 1. The molecule has 116 valence electrons. The third-order valence-corrected chi connectivity index (χ3v) is 3.50. The zero-order chi connectivity index (χ0) is 13.8. The van der Waals surface area contributed by atoms with Crippen LogP contribution in [0.25, 0.3) is 6.20 Å². The minimum absolute atomic E-state index is 0. The number of hydrogen-bond donors (Lipinski definition) is 1. The van der Waals surface area contributed by atoms with Crippen molar-refractivity contribution in [2.24, 2.45) is 0 Å². The summed E-state index contributed by atoms with van der Waals surface area (Å²) >= 11 is 0. The van der Waals surface area contributed by atoms with Crippen LogP contribution in [0.3, 0.4) is 0 Å². The minimum atomic E-state index is 0. The number of aliphatic hydroxyl groups is 1. The fourth-order valence-corrected chi connectivity index (χ4v) is 2.29. The molecule has 0 saturated heterocycles. The van der Waals surface area contributed by atoms with E-state index in [9.17, 15) is 0 Å². The van der Waals surface area contributed by atoms with Crippen molar-refractivity contribution in [3.8, 4) is 0 Å². The zero-order valence-electron chi connectivity index (χ0n) is 12.5. The van der Waals surface area contributed by atoms with E-state index in [4.69, 9.17) is 5.11 Å². The summed E-state index contributed by atoms with van der Waals surface area (Å²) < 4.78 is 4.20. The summed E-state index contributed by atoms with van der Waals surface area (Å²) in [6.45, 7) is 5.20. The van der Waals surface area contributed by atoms with Crippen LogP contribution in [0.4, 0.5) is 0 Å². The summed E-state index contributed by atoms with van der Waals surface area (Å²) in [5, 5.41) is 8.67. The molecular weight excluding hydrogens is 316 g/mol. The van der Waals surface area contributed by atoms with Crippen LogP contribution in [0.5, 0.6) is 0 Å². The van der Waals surface area contributed by atoms with Crippen molar-refractivity contribution in [2.75, 3.05) is 6.61 Å². The number of aliphatic hydroxyl groups excluding tert-OH is 1. The first-order valence-corrected chi connectivity index (χ1v) is 7.67.